The standard InChI is InChI=1S/C13H14N6S/c1-19-6-5-8(18-19)11-15-12(17-14)10-7-3-2-4-9(7)20-13(10)16-11/h5-6H,2-4,14H2,1H3,(H,15,16,17). The number of nitrogens with two attached hydrogens (primary N) is 1. The third-order valence-electron chi connectivity index (χ3n) is 3.64. The fourth-order valence-electron chi connectivity index (χ4n) is 2.75. The minimum atomic E-state index is 0.617. The van der Waals surface area contributed by atoms with Gasteiger partial charge in [-0.2, -0.15) is 5.10 Å². The van der Waals surface area contributed by atoms with Gasteiger partial charge in [0.2, 0.25) is 0 Å². The van der Waals surface area contributed by atoms with Crippen LogP contribution >= 0.6 is 11.3 Å². The predicted molar refractivity (Wildman–Crippen MR) is 79.5 cm³/mol. The summed E-state index contributed by atoms with van der Waals surface area (Å²) in [7, 11) is 1.88. The lowest BCUT2D eigenvalue weighted by Gasteiger charge is -2.05. The molecule has 0 spiro atoms. The zero-order chi connectivity index (χ0) is 13.7. The molecule has 3 aromatic rings. The minimum Gasteiger partial charge on any atom is -0.308 e. The molecule has 3 heterocycles. The Morgan fingerprint density at radius 3 is 3.00 bits per heavy atom. The monoisotopic (exact) mass is 286 g/mol. The van der Waals surface area contributed by atoms with Crippen LogP contribution in [0.3, 0.4) is 0 Å². The lowest BCUT2D eigenvalue weighted by molar-refractivity contribution is 0.769. The predicted octanol–water partition coefficient (Wildman–Crippen LogP) is 1.87. The van der Waals surface area contributed by atoms with Gasteiger partial charge in [0.05, 0.1) is 5.39 Å². The van der Waals surface area contributed by atoms with Gasteiger partial charge in [0, 0.05) is 18.1 Å². The molecule has 0 saturated carbocycles. The molecule has 0 saturated heterocycles. The Hall–Kier alpha value is -1.99. The third-order valence-corrected chi connectivity index (χ3v) is 4.83. The fourth-order valence-corrected chi connectivity index (χ4v) is 4.01. The lowest BCUT2D eigenvalue weighted by Crippen LogP contribution is -2.10. The molecule has 3 aromatic heterocycles. The van der Waals surface area contributed by atoms with Crippen LogP contribution < -0.4 is 11.3 Å². The van der Waals surface area contributed by atoms with Crippen LogP contribution in [0.4, 0.5) is 5.82 Å². The average Bonchev–Trinajstić information content (AvgIpc) is 3.12. The second kappa shape index (κ2) is 4.26. The van der Waals surface area contributed by atoms with Crippen LogP contribution in [0, 0.1) is 0 Å². The SMILES string of the molecule is Cn1ccc(-c2nc(NN)c3c4c(sc3n2)CCC4)n1. The van der Waals surface area contributed by atoms with Crippen molar-refractivity contribution in [3.8, 4) is 11.5 Å². The maximum absolute atomic E-state index is 5.66. The minimum absolute atomic E-state index is 0.617. The number of hydrogen-bond acceptors (Lipinski definition) is 6. The first-order valence-corrected chi connectivity index (χ1v) is 7.37. The molecule has 1 aliphatic carbocycles. The molecule has 0 bridgehead atoms. The Kier molecular flexibility index (Phi) is 2.51. The number of rotatable bonds is 2. The van der Waals surface area contributed by atoms with Crippen molar-refractivity contribution < 1.29 is 0 Å². The zero-order valence-corrected chi connectivity index (χ0v) is 11.9. The fraction of sp³-hybridized carbons (Fsp3) is 0.308. The van der Waals surface area contributed by atoms with Crippen LogP contribution in [0.1, 0.15) is 16.9 Å². The molecule has 0 amide bonds. The average molecular weight is 286 g/mol. The van der Waals surface area contributed by atoms with E-state index in [0.717, 1.165) is 28.8 Å². The molecule has 0 unspecified atom stereocenters. The van der Waals surface area contributed by atoms with Gasteiger partial charge < -0.3 is 5.43 Å². The summed E-state index contributed by atoms with van der Waals surface area (Å²) in [5.74, 6) is 6.98. The Bertz CT molecular complexity index is 803. The molecular weight excluding hydrogens is 272 g/mol. The molecule has 4 rings (SSSR count). The number of aromatic nitrogens is 4. The van der Waals surface area contributed by atoms with E-state index < -0.39 is 0 Å². The van der Waals surface area contributed by atoms with E-state index in [-0.39, 0.29) is 0 Å². The normalized spacial score (nSPS) is 13.9. The second-order valence-electron chi connectivity index (χ2n) is 4.95. The van der Waals surface area contributed by atoms with Crippen LogP contribution in [0.2, 0.25) is 0 Å². The Morgan fingerprint density at radius 2 is 2.25 bits per heavy atom. The highest BCUT2D eigenvalue weighted by molar-refractivity contribution is 7.19. The highest BCUT2D eigenvalue weighted by Gasteiger charge is 2.22. The van der Waals surface area contributed by atoms with E-state index in [1.54, 1.807) is 16.0 Å². The van der Waals surface area contributed by atoms with E-state index in [2.05, 4.69) is 20.5 Å². The van der Waals surface area contributed by atoms with E-state index in [1.165, 1.54) is 16.9 Å². The molecule has 7 heteroatoms. The molecule has 102 valence electrons. The van der Waals surface area contributed by atoms with Crippen molar-refractivity contribution in [2.24, 2.45) is 12.9 Å². The van der Waals surface area contributed by atoms with E-state index in [4.69, 9.17) is 5.84 Å². The zero-order valence-electron chi connectivity index (χ0n) is 11.1. The maximum Gasteiger partial charge on any atom is 0.183 e. The van der Waals surface area contributed by atoms with Gasteiger partial charge in [0.25, 0.3) is 0 Å². The van der Waals surface area contributed by atoms with Gasteiger partial charge in [-0.15, -0.1) is 11.3 Å². The molecule has 0 aromatic carbocycles. The van der Waals surface area contributed by atoms with Crippen LogP contribution in [0.5, 0.6) is 0 Å². The summed E-state index contributed by atoms with van der Waals surface area (Å²) in [6.45, 7) is 0. The molecule has 1 aliphatic rings. The Balaban J connectivity index is 1.97. The van der Waals surface area contributed by atoms with E-state index >= 15 is 0 Å². The quantitative estimate of drug-likeness (QED) is 0.555. The molecular formula is C13H14N6S. The number of hydrazine groups is 1. The largest absolute Gasteiger partial charge is 0.308 e. The number of aryl methyl sites for hydroxylation is 3. The van der Waals surface area contributed by atoms with Gasteiger partial charge >= 0.3 is 0 Å². The summed E-state index contributed by atoms with van der Waals surface area (Å²) in [4.78, 5) is 11.6. The van der Waals surface area contributed by atoms with Gasteiger partial charge in [0.15, 0.2) is 11.6 Å². The number of thiophene rings is 1. The van der Waals surface area contributed by atoms with E-state index in [0.29, 0.717) is 11.6 Å². The topological polar surface area (TPSA) is 81.7 Å². The Morgan fingerprint density at radius 1 is 1.35 bits per heavy atom. The van der Waals surface area contributed by atoms with Gasteiger partial charge in [-0.25, -0.2) is 15.8 Å². The van der Waals surface area contributed by atoms with Crippen LogP contribution in [-0.4, -0.2) is 19.7 Å². The smallest absolute Gasteiger partial charge is 0.183 e. The van der Waals surface area contributed by atoms with Crippen LogP contribution in [-0.2, 0) is 19.9 Å². The van der Waals surface area contributed by atoms with Crippen molar-refractivity contribution in [2.45, 2.75) is 19.3 Å². The number of anilines is 1. The van der Waals surface area contributed by atoms with Crippen molar-refractivity contribution in [3.05, 3.63) is 22.7 Å². The first kappa shape index (κ1) is 11.8. The highest BCUT2D eigenvalue weighted by Crippen LogP contribution is 2.39. The molecule has 0 aliphatic heterocycles. The summed E-state index contributed by atoms with van der Waals surface area (Å²) >= 11 is 1.75. The van der Waals surface area contributed by atoms with Crippen molar-refractivity contribution in [1.29, 1.82) is 0 Å². The number of nitrogens with zero attached hydrogens (tertiary/aromatic N) is 4. The number of nitrogen functional groups attached to an aromatic ring is 1. The molecule has 20 heavy (non-hydrogen) atoms. The van der Waals surface area contributed by atoms with Crippen molar-refractivity contribution in [2.75, 3.05) is 5.43 Å². The summed E-state index contributed by atoms with van der Waals surface area (Å²) in [5.41, 5.74) is 4.85. The molecule has 0 atom stereocenters. The van der Waals surface area contributed by atoms with Crippen LogP contribution in [0.25, 0.3) is 21.7 Å². The van der Waals surface area contributed by atoms with Gasteiger partial charge in [-0.3, -0.25) is 4.68 Å². The van der Waals surface area contributed by atoms with Crippen molar-refractivity contribution in [3.63, 3.8) is 0 Å². The van der Waals surface area contributed by atoms with Crippen molar-refractivity contribution in [1.82, 2.24) is 19.7 Å². The number of nitrogens with one attached hydrogen (secondary N) is 1. The molecule has 6 nitrogen and oxygen atoms in total. The highest BCUT2D eigenvalue weighted by atomic mass is 32.1. The van der Waals surface area contributed by atoms with E-state index in [1.807, 2.05) is 19.3 Å². The lowest BCUT2D eigenvalue weighted by atomic mass is 10.2. The van der Waals surface area contributed by atoms with Crippen LogP contribution in [0.15, 0.2) is 12.3 Å². The van der Waals surface area contributed by atoms with Crippen molar-refractivity contribution >= 4 is 27.4 Å². The molecule has 0 fully saturated rings. The number of hydrogen-bond donors (Lipinski definition) is 2. The first-order valence-electron chi connectivity index (χ1n) is 6.55. The summed E-state index contributed by atoms with van der Waals surface area (Å²) < 4.78 is 1.74. The summed E-state index contributed by atoms with van der Waals surface area (Å²) in [6, 6.07) is 1.91. The van der Waals surface area contributed by atoms with E-state index in [9.17, 15) is 0 Å². The molecule has 3 N–H and O–H groups in total. The summed E-state index contributed by atoms with van der Waals surface area (Å²) in [6.07, 6.45) is 5.32. The number of fused-ring (bicyclic) bond motifs is 3. The maximum atomic E-state index is 5.66. The third kappa shape index (κ3) is 1.63. The summed E-state index contributed by atoms with van der Waals surface area (Å²) in [5, 5.41) is 5.44. The second-order valence-corrected chi connectivity index (χ2v) is 6.04. The van der Waals surface area contributed by atoms with Gasteiger partial charge in [-0.05, 0) is 30.9 Å². The first-order chi connectivity index (χ1) is 9.76. The molecule has 0 radical (unpaired) electrons. The van der Waals surface area contributed by atoms with Gasteiger partial charge in [-0.1, -0.05) is 0 Å². The Labute approximate surface area is 119 Å². The van der Waals surface area contributed by atoms with Gasteiger partial charge in [0.1, 0.15) is 10.5 Å².